The van der Waals surface area contributed by atoms with Crippen molar-refractivity contribution in [3.63, 3.8) is 0 Å². The van der Waals surface area contributed by atoms with E-state index in [-0.39, 0.29) is 24.1 Å². The first-order valence-corrected chi connectivity index (χ1v) is 26.2. The summed E-state index contributed by atoms with van der Waals surface area (Å²) in [6.07, 6.45) is 16.4. The van der Waals surface area contributed by atoms with Gasteiger partial charge < -0.3 is 18.1 Å². The lowest BCUT2D eigenvalue weighted by atomic mass is 9.88. The van der Waals surface area contributed by atoms with Crippen LogP contribution in [0.5, 0.6) is 0 Å². The Balaban J connectivity index is 3.00. The van der Waals surface area contributed by atoms with Crippen molar-refractivity contribution < 1.29 is 22.9 Å². The lowest BCUT2D eigenvalue weighted by Gasteiger charge is -2.29. The van der Waals surface area contributed by atoms with Crippen LogP contribution in [0.3, 0.4) is 0 Å². The topological polar surface area (TPSA) is 66.4 Å². The molecule has 0 saturated heterocycles. The SMILES string of the molecule is CCCCCC(/C=C/C1C(O[Si](C)(C)C)C/C(=N\OCC)C1CCCCCCC(=O)O[Si](C)(C)C)O[Si](C)(C)C. The smallest absolute Gasteiger partial charge is 0.292 e. The van der Waals surface area contributed by atoms with E-state index >= 15 is 0 Å². The van der Waals surface area contributed by atoms with Gasteiger partial charge in [0.2, 0.25) is 8.32 Å². The highest BCUT2D eigenvalue weighted by molar-refractivity contribution is 6.71. The van der Waals surface area contributed by atoms with E-state index in [1.807, 2.05) is 6.92 Å². The van der Waals surface area contributed by atoms with E-state index in [0.717, 1.165) is 50.7 Å². The maximum atomic E-state index is 12.1. The molecule has 0 heterocycles. The van der Waals surface area contributed by atoms with E-state index in [2.05, 4.69) is 83.2 Å². The van der Waals surface area contributed by atoms with Gasteiger partial charge >= 0.3 is 0 Å². The van der Waals surface area contributed by atoms with E-state index in [1.165, 1.54) is 19.3 Å². The second kappa shape index (κ2) is 18.0. The van der Waals surface area contributed by atoms with E-state index < -0.39 is 25.0 Å². The normalized spacial score (nSPS) is 22.3. The van der Waals surface area contributed by atoms with Gasteiger partial charge in [-0.3, -0.25) is 4.79 Å². The number of carbonyl (C=O) groups is 1. The van der Waals surface area contributed by atoms with Gasteiger partial charge in [0.15, 0.2) is 16.6 Å². The third-order valence-corrected chi connectivity index (χ3v) is 9.62. The van der Waals surface area contributed by atoms with Gasteiger partial charge in [0, 0.05) is 24.7 Å². The van der Waals surface area contributed by atoms with Crippen molar-refractivity contribution in [3.8, 4) is 0 Å². The molecule has 1 rings (SSSR count). The second-order valence-electron chi connectivity index (χ2n) is 14.3. The van der Waals surface area contributed by atoms with Crippen molar-refractivity contribution in [1.29, 1.82) is 0 Å². The molecular weight excluding hydrogens is 551 g/mol. The molecule has 0 radical (unpaired) electrons. The fourth-order valence-corrected chi connectivity index (χ4v) is 8.33. The Morgan fingerprint density at radius 1 is 0.900 bits per heavy atom. The summed E-state index contributed by atoms with van der Waals surface area (Å²) in [6.45, 7) is 24.6. The number of rotatable bonds is 20. The highest BCUT2D eigenvalue weighted by atomic mass is 28.4. The quantitative estimate of drug-likeness (QED) is 0.0592. The van der Waals surface area contributed by atoms with Crippen LogP contribution in [-0.4, -0.2) is 55.4 Å². The lowest BCUT2D eigenvalue weighted by molar-refractivity contribution is -0.135. The Bertz CT molecular complexity index is 783. The standard InChI is InChI=1S/C31H63NO5Si3/c1-12-14-17-20-26(35-38(3,4)5)23-24-28-27(21-18-15-16-19-22-31(33)37-40(9,10)11)29(32-34-13-2)25-30(28)36-39(6,7)8/h23-24,26-28,30H,12-22,25H2,1-11H3/b24-23+,32-29+. The Labute approximate surface area is 250 Å². The zero-order chi connectivity index (χ0) is 30.4. The molecule has 1 aliphatic rings. The first kappa shape index (κ1) is 37.3. The minimum atomic E-state index is -1.80. The van der Waals surface area contributed by atoms with Gasteiger partial charge in [0.1, 0.15) is 6.61 Å². The molecule has 0 spiro atoms. The fourth-order valence-electron chi connectivity index (χ4n) is 5.29. The average molecular weight is 614 g/mol. The zero-order valence-electron chi connectivity index (χ0n) is 27.9. The molecule has 9 heteroatoms. The van der Waals surface area contributed by atoms with Crippen molar-refractivity contribution in [1.82, 2.24) is 0 Å². The summed E-state index contributed by atoms with van der Waals surface area (Å²) in [5.74, 6) is 0.549. The first-order chi connectivity index (χ1) is 18.5. The average Bonchev–Trinajstić information content (AvgIpc) is 3.10. The Kier molecular flexibility index (Phi) is 16.8. The monoisotopic (exact) mass is 613 g/mol. The van der Waals surface area contributed by atoms with Crippen LogP contribution in [0.4, 0.5) is 0 Å². The fraction of sp³-hybridized carbons (Fsp3) is 0.871. The van der Waals surface area contributed by atoms with Gasteiger partial charge in [-0.2, -0.15) is 0 Å². The summed E-state index contributed by atoms with van der Waals surface area (Å²) < 4.78 is 19.0. The molecule has 0 amide bonds. The molecule has 0 aromatic rings. The van der Waals surface area contributed by atoms with Crippen LogP contribution in [0.15, 0.2) is 17.3 Å². The van der Waals surface area contributed by atoms with Gasteiger partial charge in [-0.05, 0) is 85.1 Å². The van der Waals surface area contributed by atoms with E-state index in [1.54, 1.807) is 0 Å². The predicted molar refractivity (Wildman–Crippen MR) is 178 cm³/mol. The molecule has 1 aliphatic carbocycles. The van der Waals surface area contributed by atoms with Gasteiger partial charge in [0.25, 0.3) is 5.97 Å². The Morgan fingerprint density at radius 3 is 2.15 bits per heavy atom. The summed E-state index contributed by atoms with van der Waals surface area (Å²) >= 11 is 0. The van der Waals surface area contributed by atoms with E-state index in [4.69, 9.17) is 18.1 Å². The number of nitrogens with zero attached hydrogens (tertiary/aromatic N) is 1. The molecule has 1 fully saturated rings. The van der Waals surface area contributed by atoms with Crippen molar-refractivity contribution in [3.05, 3.63) is 12.2 Å². The minimum Gasteiger partial charge on any atom is -0.520 e. The molecule has 0 aromatic carbocycles. The number of hydrogen-bond donors (Lipinski definition) is 0. The lowest BCUT2D eigenvalue weighted by Crippen LogP contribution is -2.35. The molecule has 40 heavy (non-hydrogen) atoms. The maximum Gasteiger partial charge on any atom is 0.292 e. The molecule has 4 unspecified atom stereocenters. The van der Waals surface area contributed by atoms with Crippen LogP contribution in [0.25, 0.3) is 0 Å². The third kappa shape index (κ3) is 17.3. The summed E-state index contributed by atoms with van der Waals surface area (Å²) in [5, 5.41) is 4.61. The van der Waals surface area contributed by atoms with Gasteiger partial charge in [-0.15, -0.1) is 0 Å². The largest absolute Gasteiger partial charge is 0.520 e. The van der Waals surface area contributed by atoms with Crippen molar-refractivity contribution in [2.45, 2.75) is 156 Å². The van der Waals surface area contributed by atoms with Gasteiger partial charge in [-0.25, -0.2) is 0 Å². The molecule has 0 aromatic heterocycles. The molecular formula is C31H63NO5Si3. The van der Waals surface area contributed by atoms with Crippen molar-refractivity contribution >= 4 is 36.6 Å². The predicted octanol–water partition coefficient (Wildman–Crippen LogP) is 9.31. The van der Waals surface area contributed by atoms with Crippen molar-refractivity contribution in [2.24, 2.45) is 17.0 Å². The van der Waals surface area contributed by atoms with Gasteiger partial charge in [0.05, 0.1) is 17.9 Å². The summed E-state index contributed by atoms with van der Waals surface area (Å²) in [6, 6.07) is 0. The Morgan fingerprint density at radius 2 is 1.57 bits per heavy atom. The first-order valence-electron chi connectivity index (χ1n) is 16.0. The minimum absolute atomic E-state index is 0.0355. The zero-order valence-corrected chi connectivity index (χ0v) is 30.9. The number of oxime groups is 1. The van der Waals surface area contributed by atoms with Crippen LogP contribution < -0.4 is 0 Å². The molecule has 0 aliphatic heterocycles. The maximum absolute atomic E-state index is 12.1. The molecule has 6 nitrogen and oxygen atoms in total. The van der Waals surface area contributed by atoms with Crippen LogP contribution in [0.2, 0.25) is 58.9 Å². The van der Waals surface area contributed by atoms with Crippen LogP contribution in [-0.2, 0) is 22.9 Å². The van der Waals surface area contributed by atoms with Crippen molar-refractivity contribution in [2.75, 3.05) is 6.61 Å². The Hall–Kier alpha value is -0.749. The highest BCUT2D eigenvalue weighted by Crippen LogP contribution is 2.39. The number of unbranched alkanes of at least 4 members (excludes halogenated alkanes) is 5. The van der Waals surface area contributed by atoms with Crippen LogP contribution in [0, 0.1) is 11.8 Å². The van der Waals surface area contributed by atoms with Crippen LogP contribution in [0.1, 0.15) is 84.5 Å². The molecule has 4 atom stereocenters. The second-order valence-corrected chi connectivity index (χ2v) is 27.7. The van der Waals surface area contributed by atoms with E-state index in [9.17, 15) is 4.79 Å². The summed E-state index contributed by atoms with van der Waals surface area (Å²) in [4.78, 5) is 17.7. The van der Waals surface area contributed by atoms with Gasteiger partial charge in [-0.1, -0.05) is 62.8 Å². The molecule has 1 saturated carbocycles. The number of carbonyl (C=O) groups excluding carboxylic acids is 1. The summed E-state index contributed by atoms with van der Waals surface area (Å²) in [7, 11) is -5.21. The third-order valence-electron chi connectivity index (χ3n) is 6.76. The summed E-state index contributed by atoms with van der Waals surface area (Å²) in [5.41, 5.74) is 1.15. The van der Waals surface area contributed by atoms with Crippen LogP contribution >= 0.6 is 0 Å². The number of hydrogen-bond acceptors (Lipinski definition) is 6. The molecule has 0 N–H and O–H groups in total. The van der Waals surface area contributed by atoms with E-state index in [0.29, 0.717) is 18.9 Å². The highest BCUT2D eigenvalue weighted by Gasteiger charge is 2.42. The molecule has 234 valence electrons. The molecule has 0 bridgehead atoms.